The van der Waals surface area contributed by atoms with Crippen LogP contribution in [0.3, 0.4) is 0 Å². The maximum atomic E-state index is 11.7. The fourth-order valence-corrected chi connectivity index (χ4v) is 3.21. The molecule has 0 aliphatic rings. The minimum absolute atomic E-state index is 0.205. The SMILES string of the molecule is C=C(C)C(=C)OCCN(CCOC(=O)C(=C)C)c1ccc(N=Nc2snc(C)c2C#N)cc1. The van der Waals surface area contributed by atoms with Gasteiger partial charge in [0.25, 0.3) is 0 Å². The van der Waals surface area contributed by atoms with Crippen molar-refractivity contribution in [2.75, 3.05) is 31.2 Å². The molecule has 2 rings (SSSR count). The molecule has 0 saturated heterocycles. The molecule has 0 saturated carbocycles. The molecule has 0 radical (unpaired) electrons. The number of carbonyl (C=O) groups excluding carboxylic acids is 1. The van der Waals surface area contributed by atoms with Crippen LogP contribution in [0.15, 0.2) is 71.1 Å². The van der Waals surface area contributed by atoms with Crippen LogP contribution in [-0.2, 0) is 14.3 Å². The molecule has 172 valence electrons. The van der Waals surface area contributed by atoms with E-state index < -0.39 is 5.97 Å². The van der Waals surface area contributed by atoms with Crippen LogP contribution in [0.4, 0.5) is 16.4 Å². The molecule has 2 aromatic rings. The number of nitrogens with zero attached hydrogens (tertiary/aromatic N) is 5. The average Bonchev–Trinajstić information content (AvgIpc) is 3.15. The van der Waals surface area contributed by atoms with E-state index in [2.05, 4.69) is 40.4 Å². The molecular formula is C24H27N5O3S. The first-order valence-electron chi connectivity index (χ1n) is 10.2. The van der Waals surface area contributed by atoms with Crippen molar-refractivity contribution in [3.8, 4) is 6.07 Å². The second kappa shape index (κ2) is 12.3. The van der Waals surface area contributed by atoms with Gasteiger partial charge < -0.3 is 14.4 Å². The molecule has 1 heterocycles. The lowest BCUT2D eigenvalue weighted by Crippen LogP contribution is -2.31. The lowest BCUT2D eigenvalue weighted by Gasteiger charge is -2.25. The van der Waals surface area contributed by atoms with Gasteiger partial charge in [0.2, 0.25) is 0 Å². The second-order valence-electron chi connectivity index (χ2n) is 7.23. The summed E-state index contributed by atoms with van der Waals surface area (Å²) in [5.41, 5.74) is 3.74. The second-order valence-corrected chi connectivity index (χ2v) is 7.98. The molecule has 0 fully saturated rings. The highest BCUT2D eigenvalue weighted by Crippen LogP contribution is 2.29. The number of ether oxygens (including phenoxy) is 2. The minimum atomic E-state index is -0.423. The quantitative estimate of drug-likeness (QED) is 0.130. The summed E-state index contributed by atoms with van der Waals surface area (Å²) in [7, 11) is 0. The topological polar surface area (TPSA) is 100 Å². The normalized spacial score (nSPS) is 10.5. The summed E-state index contributed by atoms with van der Waals surface area (Å²) in [5.74, 6) is 0.113. The van der Waals surface area contributed by atoms with Gasteiger partial charge >= 0.3 is 5.97 Å². The maximum Gasteiger partial charge on any atom is 0.333 e. The number of anilines is 1. The Bertz CT molecular complexity index is 1060. The van der Waals surface area contributed by atoms with Crippen molar-refractivity contribution >= 4 is 33.9 Å². The Balaban J connectivity index is 2.08. The van der Waals surface area contributed by atoms with Crippen LogP contribution in [0, 0.1) is 18.3 Å². The van der Waals surface area contributed by atoms with E-state index >= 15 is 0 Å². The number of aromatic nitrogens is 1. The molecule has 8 nitrogen and oxygen atoms in total. The zero-order valence-electron chi connectivity index (χ0n) is 19.1. The first-order chi connectivity index (χ1) is 15.7. The first kappa shape index (κ1) is 25.5. The van der Waals surface area contributed by atoms with E-state index in [0.29, 0.717) is 53.0 Å². The molecule has 0 aliphatic heterocycles. The molecule has 1 aromatic heterocycles. The summed E-state index contributed by atoms with van der Waals surface area (Å²) in [6.45, 7) is 18.1. The monoisotopic (exact) mass is 465 g/mol. The molecule has 9 heteroatoms. The Morgan fingerprint density at radius 3 is 2.30 bits per heavy atom. The smallest absolute Gasteiger partial charge is 0.333 e. The van der Waals surface area contributed by atoms with Crippen LogP contribution in [0.1, 0.15) is 25.1 Å². The van der Waals surface area contributed by atoms with E-state index in [9.17, 15) is 10.1 Å². The highest BCUT2D eigenvalue weighted by molar-refractivity contribution is 7.10. The Kier molecular flexibility index (Phi) is 9.51. The zero-order chi connectivity index (χ0) is 24.4. The maximum absolute atomic E-state index is 11.7. The number of benzene rings is 1. The largest absolute Gasteiger partial charge is 0.492 e. The van der Waals surface area contributed by atoms with Crippen molar-refractivity contribution in [1.82, 2.24) is 4.37 Å². The number of rotatable bonds is 12. The number of allylic oxidation sites excluding steroid dienone is 1. The number of carbonyl (C=O) groups is 1. The van der Waals surface area contributed by atoms with Crippen LogP contribution < -0.4 is 4.90 Å². The summed E-state index contributed by atoms with van der Waals surface area (Å²) < 4.78 is 15.0. The molecule has 0 atom stereocenters. The van der Waals surface area contributed by atoms with Gasteiger partial charge in [-0.3, -0.25) is 0 Å². The summed E-state index contributed by atoms with van der Waals surface area (Å²) in [6.07, 6.45) is 0. The van der Waals surface area contributed by atoms with E-state index in [1.54, 1.807) is 13.8 Å². The van der Waals surface area contributed by atoms with Gasteiger partial charge in [-0.15, -0.1) is 10.2 Å². The van der Waals surface area contributed by atoms with E-state index in [0.717, 1.165) is 22.8 Å². The highest BCUT2D eigenvalue weighted by Gasteiger charge is 2.11. The Labute approximate surface area is 198 Å². The van der Waals surface area contributed by atoms with Gasteiger partial charge in [0.05, 0.1) is 24.5 Å². The summed E-state index contributed by atoms with van der Waals surface area (Å²) in [4.78, 5) is 13.7. The molecule has 0 N–H and O–H groups in total. The number of hydrogen-bond donors (Lipinski definition) is 0. The van der Waals surface area contributed by atoms with Gasteiger partial charge in [0.1, 0.15) is 30.6 Å². The Hall–Kier alpha value is -3.77. The van der Waals surface area contributed by atoms with Crippen molar-refractivity contribution < 1.29 is 14.3 Å². The highest BCUT2D eigenvalue weighted by atomic mass is 32.1. The zero-order valence-corrected chi connectivity index (χ0v) is 19.9. The number of azo groups is 1. The van der Waals surface area contributed by atoms with E-state index in [4.69, 9.17) is 9.47 Å². The lowest BCUT2D eigenvalue weighted by molar-refractivity contribution is -0.138. The van der Waals surface area contributed by atoms with Crippen LogP contribution in [0.5, 0.6) is 0 Å². The standard InChI is InChI=1S/C24H27N5O3S/c1-16(2)19(6)31-13-11-29(12-14-32-24(30)17(3)4)21-9-7-20(8-10-21)26-27-23-22(15-25)18(5)28-33-23/h7-10H,1,3,6,11-14H2,2,4-5H3. The molecule has 0 aliphatic carbocycles. The van der Waals surface area contributed by atoms with Crippen LogP contribution >= 0.6 is 11.5 Å². The summed E-state index contributed by atoms with van der Waals surface area (Å²) in [5, 5.41) is 18.1. The Morgan fingerprint density at radius 2 is 1.73 bits per heavy atom. The van der Waals surface area contributed by atoms with Crippen LogP contribution in [-0.4, -0.2) is 36.6 Å². The molecular weight excluding hydrogens is 438 g/mol. The lowest BCUT2D eigenvalue weighted by atomic mass is 10.2. The molecule has 0 bridgehead atoms. The summed E-state index contributed by atoms with van der Waals surface area (Å²) in [6, 6.07) is 9.52. The van der Waals surface area contributed by atoms with Gasteiger partial charge in [0, 0.05) is 11.3 Å². The fourth-order valence-electron chi connectivity index (χ4n) is 2.53. The van der Waals surface area contributed by atoms with Gasteiger partial charge in [-0.25, -0.2) is 4.79 Å². The molecule has 1 aromatic carbocycles. The predicted molar refractivity (Wildman–Crippen MR) is 130 cm³/mol. The van der Waals surface area contributed by atoms with Gasteiger partial charge in [-0.1, -0.05) is 19.7 Å². The predicted octanol–water partition coefficient (Wildman–Crippen LogP) is 5.77. The van der Waals surface area contributed by atoms with Crippen molar-refractivity contribution in [1.29, 1.82) is 5.26 Å². The van der Waals surface area contributed by atoms with E-state index in [1.807, 2.05) is 36.1 Å². The number of nitriles is 1. The van der Waals surface area contributed by atoms with E-state index in [-0.39, 0.29) is 6.61 Å². The number of hydrogen-bond acceptors (Lipinski definition) is 9. The van der Waals surface area contributed by atoms with Crippen molar-refractivity contribution in [3.05, 3.63) is 72.2 Å². The van der Waals surface area contributed by atoms with Gasteiger partial charge in [-0.05, 0) is 62.1 Å². The first-order valence-corrected chi connectivity index (χ1v) is 10.9. The van der Waals surface area contributed by atoms with Gasteiger partial charge in [-0.2, -0.15) is 9.64 Å². The molecule has 0 unspecified atom stereocenters. The summed E-state index contributed by atoms with van der Waals surface area (Å²) >= 11 is 1.14. The van der Waals surface area contributed by atoms with Crippen molar-refractivity contribution in [3.63, 3.8) is 0 Å². The third-order valence-electron chi connectivity index (χ3n) is 4.48. The van der Waals surface area contributed by atoms with Crippen LogP contribution in [0.25, 0.3) is 0 Å². The van der Waals surface area contributed by atoms with Crippen molar-refractivity contribution in [2.24, 2.45) is 10.2 Å². The fraction of sp³-hybridized carbons (Fsp3) is 0.292. The molecule has 33 heavy (non-hydrogen) atoms. The third kappa shape index (κ3) is 7.70. The van der Waals surface area contributed by atoms with E-state index in [1.165, 1.54) is 0 Å². The molecule has 0 amide bonds. The van der Waals surface area contributed by atoms with Crippen molar-refractivity contribution in [2.45, 2.75) is 20.8 Å². The van der Waals surface area contributed by atoms with Crippen LogP contribution in [0.2, 0.25) is 0 Å². The number of esters is 1. The third-order valence-corrected chi connectivity index (χ3v) is 5.31. The molecule has 0 spiro atoms. The van der Waals surface area contributed by atoms with Gasteiger partial charge in [0.15, 0.2) is 5.00 Å². The average molecular weight is 466 g/mol. The minimum Gasteiger partial charge on any atom is -0.492 e. The number of aryl methyl sites for hydroxylation is 1. The Morgan fingerprint density at radius 1 is 1.09 bits per heavy atom.